The first-order valence-electron chi connectivity index (χ1n) is 10.5. The van der Waals surface area contributed by atoms with Crippen molar-refractivity contribution in [2.75, 3.05) is 18.1 Å². The number of fused-ring (bicyclic) bond motifs is 1. The first-order valence-corrected chi connectivity index (χ1v) is 12.7. The van der Waals surface area contributed by atoms with Gasteiger partial charge in [-0.05, 0) is 24.3 Å². The maximum absolute atomic E-state index is 12.3. The van der Waals surface area contributed by atoms with Crippen LogP contribution in [0.4, 0.5) is 0 Å². The number of nitrogens with zero attached hydrogens (tertiary/aromatic N) is 3. The zero-order valence-corrected chi connectivity index (χ0v) is 19.6. The summed E-state index contributed by atoms with van der Waals surface area (Å²) in [5.41, 5.74) is 3.08. The van der Waals surface area contributed by atoms with Gasteiger partial charge >= 0.3 is 6.01 Å². The number of rotatable bonds is 9. The fraction of sp³-hybridized carbons (Fsp3) is 0.261. The van der Waals surface area contributed by atoms with Gasteiger partial charge < -0.3 is 9.73 Å². The minimum Gasteiger partial charge on any atom is -0.427 e. The number of benzene rings is 2. The summed E-state index contributed by atoms with van der Waals surface area (Å²) in [6, 6.07) is 15.2. The third kappa shape index (κ3) is 5.43. The van der Waals surface area contributed by atoms with Gasteiger partial charge in [-0.2, -0.15) is 4.98 Å². The number of nitrogens with one attached hydrogen (secondary N) is 1. The predicted octanol–water partition coefficient (Wildman–Crippen LogP) is 3.82. The highest BCUT2D eigenvalue weighted by Crippen LogP contribution is 2.29. The molecule has 0 saturated carbocycles. The fourth-order valence-corrected chi connectivity index (χ4v) is 4.19. The lowest BCUT2D eigenvalue weighted by molar-refractivity contribution is -0.121. The van der Waals surface area contributed by atoms with E-state index in [2.05, 4.69) is 15.3 Å². The van der Waals surface area contributed by atoms with Crippen LogP contribution in [0.2, 0.25) is 5.02 Å². The van der Waals surface area contributed by atoms with Crippen LogP contribution in [0.3, 0.4) is 0 Å². The number of hydrogen-bond donors (Lipinski definition) is 1. The molecule has 10 heteroatoms. The van der Waals surface area contributed by atoms with Crippen molar-refractivity contribution in [2.24, 2.45) is 0 Å². The first-order chi connectivity index (χ1) is 15.9. The Morgan fingerprint density at radius 1 is 1.15 bits per heavy atom. The maximum Gasteiger partial charge on any atom is 0.308 e. The van der Waals surface area contributed by atoms with Crippen molar-refractivity contribution in [3.63, 3.8) is 0 Å². The fourth-order valence-electron chi connectivity index (χ4n) is 3.36. The molecule has 0 fully saturated rings. The molecule has 172 valence electrons. The van der Waals surface area contributed by atoms with Gasteiger partial charge in [-0.25, -0.2) is 13.4 Å². The summed E-state index contributed by atoms with van der Waals surface area (Å²) in [6.07, 6.45) is 2.07. The number of carbonyl (C=O) groups is 1. The number of para-hydroxylation sites is 2. The lowest BCUT2D eigenvalue weighted by Gasteiger charge is -2.05. The molecule has 0 unspecified atom stereocenters. The third-order valence-electron chi connectivity index (χ3n) is 5.22. The molecule has 0 saturated heterocycles. The molecule has 4 aromatic rings. The number of halogens is 1. The topological polar surface area (TPSA) is 107 Å². The molecule has 0 spiro atoms. The summed E-state index contributed by atoms with van der Waals surface area (Å²) in [5, 5.41) is 3.26. The minimum absolute atomic E-state index is 0.0527. The van der Waals surface area contributed by atoms with E-state index in [1.807, 2.05) is 36.4 Å². The molecule has 0 aliphatic heterocycles. The highest BCUT2D eigenvalue weighted by Gasteiger charge is 2.19. The summed E-state index contributed by atoms with van der Waals surface area (Å²) in [6.45, 7) is 1.67. The largest absolute Gasteiger partial charge is 0.427 e. The van der Waals surface area contributed by atoms with E-state index < -0.39 is 9.84 Å². The highest BCUT2D eigenvalue weighted by molar-refractivity contribution is 7.91. The normalized spacial score (nSPS) is 11.7. The average Bonchev–Trinajstić information content (AvgIpc) is 3.42. The molecule has 1 N–H and O–H groups in total. The molecule has 0 aliphatic rings. The van der Waals surface area contributed by atoms with Crippen LogP contribution in [-0.4, -0.2) is 46.9 Å². The number of aryl methyl sites for hydroxylation is 1. The van der Waals surface area contributed by atoms with Crippen LogP contribution >= 0.6 is 11.6 Å². The number of oxazole rings is 1. The van der Waals surface area contributed by atoms with Gasteiger partial charge in [0.15, 0.2) is 9.84 Å². The molecule has 0 aliphatic carbocycles. The molecule has 2 heterocycles. The Bertz CT molecular complexity index is 1380. The molecular formula is C23H23ClN4O4S. The number of amides is 1. The van der Waals surface area contributed by atoms with Gasteiger partial charge in [0.05, 0.1) is 16.8 Å². The Kier molecular flexibility index (Phi) is 6.80. The van der Waals surface area contributed by atoms with E-state index in [0.29, 0.717) is 28.9 Å². The zero-order chi connectivity index (χ0) is 23.4. The second kappa shape index (κ2) is 9.76. The molecule has 0 bridgehead atoms. The number of carbonyl (C=O) groups excluding carboxylic acids is 1. The van der Waals surface area contributed by atoms with Crippen molar-refractivity contribution < 1.29 is 17.6 Å². The van der Waals surface area contributed by atoms with Gasteiger partial charge in [0.2, 0.25) is 5.91 Å². The van der Waals surface area contributed by atoms with Crippen molar-refractivity contribution in [1.82, 2.24) is 19.9 Å². The van der Waals surface area contributed by atoms with Crippen LogP contribution in [0.1, 0.15) is 19.1 Å². The van der Waals surface area contributed by atoms with Crippen LogP contribution in [0.25, 0.3) is 28.3 Å². The lowest BCUT2D eigenvalue weighted by atomic mass is 10.1. The van der Waals surface area contributed by atoms with E-state index in [-0.39, 0.29) is 30.4 Å². The van der Waals surface area contributed by atoms with E-state index >= 15 is 0 Å². The van der Waals surface area contributed by atoms with Crippen molar-refractivity contribution in [3.05, 3.63) is 65.6 Å². The SMILES string of the molecule is CCS(=O)(=O)CCNC(=O)CCc1oc(-n2cnc3ccccc32)nc1-c1ccc(Cl)cc1. The zero-order valence-electron chi connectivity index (χ0n) is 18.0. The van der Waals surface area contributed by atoms with Gasteiger partial charge in [-0.15, -0.1) is 0 Å². The molecule has 2 aromatic carbocycles. The quantitative estimate of drug-likeness (QED) is 0.385. The van der Waals surface area contributed by atoms with Crippen molar-refractivity contribution >= 4 is 38.4 Å². The molecule has 2 aromatic heterocycles. The monoisotopic (exact) mass is 486 g/mol. The van der Waals surface area contributed by atoms with Gasteiger partial charge in [0, 0.05) is 35.7 Å². The smallest absolute Gasteiger partial charge is 0.308 e. The molecule has 4 rings (SSSR count). The Morgan fingerprint density at radius 2 is 1.91 bits per heavy atom. The van der Waals surface area contributed by atoms with Crippen molar-refractivity contribution in [1.29, 1.82) is 0 Å². The Morgan fingerprint density at radius 3 is 2.67 bits per heavy atom. The van der Waals surface area contributed by atoms with E-state index in [9.17, 15) is 13.2 Å². The van der Waals surface area contributed by atoms with Crippen LogP contribution in [0.5, 0.6) is 0 Å². The van der Waals surface area contributed by atoms with Gasteiger partial charge in [-0.1, -0.05) is 42.8 Å². The van der Waals surface area contributed by atoms with Gasteiger partial charge in [0.1, 0.15) is 17.8 Å². The van der Waals surface area contributed by atoms with Crippen molar-refractivity contribution in [2.45, 2.75) is 19.8 Å². The molecule has 0 radical (unpaired) electrons. The van der Waals surface area contributed by atoms with Gasteiger partial charge in [-0.3, -0.25) is 9.36 Å². The first kappa shape index (κ1) is 23.0. The molecule has 33 heavy (non-hydrogen) atoms. The van der Waals surface area contributed by atoms with Crippen LogP contribution in [-0.2, 0) is 21.1 Å². The Hall–Kier alpha value is -3.17. The van der Waals surface area contributed by atoms with E-state index in [1.54, 1.807) is 30.0 Å². The maximum atomic E-state index is 12.3. The second-order valence-electron chi connectivity index (χ2n) is 7.46. The van der Waals surface area contributed by atoms with E-state index in [0.717, 1.165) is 16.6 Å². The lowest BCUT2D eigenvalue weighted by Crippen LogP contribution is -2.29. The van der Waals surface area contributed by atoms with Gasteiger partial charge in [0.25, 0.3) is 0 Å². The summed E-state index contributed by atoms with van der Waals surface area (Å²) in [7, 11) is -3.13. The number of imidazole rings is 1. The molecular weight excluding hydrogens is 464 g/mol. The summed E-state index contributed by atoms with van der Waals surface area (Å²) < 4.78 is 31.0. The highest BCUT2D eigenvalue weighted by atomic mass is 35.5. The summed E-state index contributed by atoms with van der Waals surface area (Å²) >= 11 is 6.03. The standard InChI is InChI=1S/C23H23ClN4O4S/c1-2-33(30,31)14-13-25-21(29)12-11-20-22(16-7-9-17(24)10-8-16)27-23(32-20)28-15-26-18-5-3-4-6-19(18)28/h3-10,15H,2,11-14H2,1H3,(H,25,29). The van der Waals surface area contributed by atoms with Crippen LogP contribution in [0, 0.1) is 0 Å². The second-order valence-corrected chi connectivity index (χ2v) is 10.4. The Balaban J connectivity index is 1.57. The van der Waals surface area contributed by atoms with E-state index in [1.165, 1.54) is 0 Å². The molecule has 0 atom stereocenters. The third-order valence-corrected chi connectivity index (χ3v) is 7.18. The minimum atomic E-state index is -3.13. The number of sulfone groups is 1. The van der Waals surface area contributed by atoms with Crippen LogP contribution in [0.15, 0.2) is 59.3 Å². The van der Waals surface area contributed by atoms with Crippen LogP contribution < -0.4 is 5.32 Å². The molecule has 1 amide bonds. The van der Waals surface area contributed by atoms with E-state index in [4.69, 9.17) is 16.0 Å². The Labute approximate surface area is 196 Å². The predicted molar refractivity (Wildman–Crippen MR) is 127 cm³/mol. The van der Waals surface area contributed by atoms with Crippen molar-refractivity contribution in [3.8, 4) is 17.3 Å². The summed E-state index contributed by atoms with van der Waals surface area (Å²) in [4.78, 5) is 21.4. The average molecular weight is 487 g/mol. The summed E-state index contributed by atoms with van der Waals surface area (Å²) in [5.74, 6) is 0.263. The number of aromatic nitrogens is 3. The number of hydrogen-bond acceptors (Lipinski definition) is 6. The molecule has 8 nitrogen and oxygen atoms in total.